The summed E-state index contributed by atoms with van der Waals surface area (Å²) in [5.74, 6) is -0.723. The van der Waals surface area contributed by atoms with E-state index in [-0.39, 0.29) is 23.4 Å². The van der Waals surface area contributed by atoms with Crippen molar-refractivity contribution in [2.24, 2.45) is 0 Å². The molecule has 0 aliphatic carbocycles. The van der Waals surface area contributed by atoms with E-state index in [1.54, 1.807) is 36.4 Å². The van der Waals surface area contributed by atoms with Crippen LogP contribution in [0.1, 0.15) is 55.0 Å². The Morgan fingerprint density at radius 2 is 1.52 bits per heavy atom. The maximum atomic E-state index is 14.1. The Kier molecular flexibility index (Phi) is 10.1. The monoisotopic (exact) mass is 563 g/mol. The highest BCUT2D eigenvalue weighted by Crippen LogP contribution is 2.27. The highest BCUT2D eigenvalue weighted by atomic mass is 32.2. The second-order valence-electron chi connectivity index (χ2n) is 10.7. The van der Waals surface area contributed by atoms with E-state index >= 15 is 0 Å². The lowest BCUT2D eigenvalue weighted by Crippen LogP contribution is -2.53. The van der Waals surface area contributed by atoms with Crippen LogP contribution >= 0.6 is 0 Å². The fourth-order valence-corrected chi connectivity index (χ4v) is 5.96. The quantitative estimate of drug-likeness (QED) is 0.336. The number of benzene rings is 3. The molecule has 3 aromatic carbocycles. The van der Waals surface area contributed by atoms with Crippen molar-refractivity contribution in [2.45, 2.75) is 78.4 Å². The molecule has 0 aromatic heterocycles. The van der Waals surface area contributed by atoms with Crippen molar-refractivity contribution in [3.05, 3.63) is 94.5 Å². The summed E-state index contributed by atoms with van der Waals surface area (Å²) in [6.45, 7) is 13.0. The molecule has 1 N–H and O–H groups in total. The highest BCUT2D eigenvalue weighted by molar-refractivity contribution is 7.92. The van der Waals surface area contributed by atoms with Gasteiger partial charge in [0, 0.05) is 12.6 Å². The van der Waals surface area contributed by atoms with Crippen LogP contribution in [-0.4, -0.2) is 43.8 Å². The van der Waals surface area contributed by atoms with Crippen molar-refractivity contribution >= 4 is 27.5 Å². The average Bonchev–Trinajstić information content (AvgIpc) is 2.88. The predicted molar refractivity (Wildman–Crippen MR) is 161 cm³/mol. The van der Waals surface area contributed by atoms with E-state index < -0.39 is 28.5 Å². The van der Waals surface area contributed by atoms with Gasteiger partial charge in [0.1, 0.15) is 12.6 Å². The summed E-state index contributed by atoms with van der Waals surface area (Å²) in [4.78, 5) is 29.0. The Balaban J connectivity index is 2.09. The number of nitrogens with one attached hydrogen (secondary N) is 1. The molecule has 0 fully saturated rings. The topological polar surface area (TPSA) is 86.8 Å². The number of sulfonamides is 1. The lowest BCUT2D eigenvalue weighted by atomic mass is 10.1. The Morgan fingerprint density at radius 3 is 2.10 bits per heavy atom. The second kappa shape index (κ2) is 13.1. The van der Waals surface area contributed by atoms with Gasteiger partial charge in [0.25, 0.3) is 10.0 Å². The van der Waals surface area contributed by atoms with Gasteiger partial charge in [0.05, 0.1) is 10.6 Å². The highest BCUT2D eigenvalue weighted by Gasteiger charge is 2.34. The number of hydrogen-bond acceptors (Lipinski definition) is 4. The molecule has 7 nitrogen and oxygen atoms in total. The summed E-state index contributed by atoms with van der Waals surface area (Å²) in [5.41, 5.74) is 5.14. The predicted octanol–water partition coefficient (Wildman–Crippen LogP) is 5.45. The van der Waals surface area contributed by atoms with Crippen molar-refractivity contribution < 1.29 is 18.0 Å². The molecule has 0 aliphatic rings. The standard InChI is InChI=1S/C32H41N3O4S/c1-8-30(32(37)33-22(2)3)34(20-27-11-9-10-24(5)18-27)31(36)21-35(28-15-14-25(6)26(7)19-28)40(38,39)29-16-12-23(4)13-17-29/h9-19,22,30H,8,20-21H2,1-7H3,(H,33,37). The van der Waals surface area contributed by atoms with Crippen LogP contribution in [0, 0.1) is 27.7 Å². The van der Waals surface area contributed by atoms with Gasteiger partial charge in [-0.3, -0.25) is 13.9 Å². The van der Waals surface area contributed by atoms with Gasteiger partial charge in [-0.25, -0.2) is 8.42 Å². The molecule has 8 heteroatoms. The third kappa shape index (κ3) is 7.50. The molecular weight excluding hydrogens is 522 g/mol. The van der Waals surface area contributed by atoms with Crippen LogP contribution in [0.15, 0.2) is 71.6 Å². The minimum atomic E-state index is -4.10. The molecule has 0 spiro atoms. The Labute approximate surface area is 239 Å². The zero-order valence-corrected chi connectivity index (χ0v) is 25.4. The summed E-state index contributed by atoms with van der Waals surface area (Å²) >= 11 is 0. The van der Waals surface area contributed by atoms with Crippen LogP contribution in [0.4, 0.5) is 5.69 Å². The average molecular weight is 564 g/mol. The summed E-state index contributed by atoms with van der Waals surface area (Å²) in [6.07, 6.45) is 0.379. The first-order valence-corrected chi connectivity index (χ1v) is 15.1. The summed E-state index contributed by atoms with van der Waals surface area (Å²) in [5, 5.41) is 2.92. The Hall–Kier alpha value is -3.65. The zero-order chi connectivity index (χ0) is 29.6. The molecule has 0 saturated carbocycles. The van der Waals surface area contributed by atoms with Crippen molar-refractivity contribution in [1.82, 2.24) is 10.2 Å². The first-order chi connectivity index (χ1) is 18.8. The van der Waals surface area contributed by atoms with E-state index in [1.165, 1.54) is 4.90 Å². The molecule has 0 saturated heterocycles. The molecule has 1 unspecified atom stereocenters. The van der Waals surface area contributed by atoms with E-state index in [9.17, 15) is 18.0 Å². The number of aryl methyl sites for hydroxylation is 4. The van der Waals surface area contributed by atoms with Gasteiger partial charge in [-0.05, 0) is 88.9 Å². The molecule has 0 bridgehead atoms. The minimum Gasteiger partial charge on any atom is -0.352 e. The van der Waals surface area contributed by atoms with Gasteiger partial charge in [-0.15, -0.1) is 0 Å². The SMILES string of the molecule is CCC(C(=O)NC(C)C)N(Cc1cccc(C)c1)C(=O)CN(c1ccc(C)c(C)c1)S(=O)(=O)c1ccc(C)cc1. The number of carbonyl (C=O) groups is 2. The Morgan fingerprint density at radius 1 is 0.850 bits per heavy atom. The normalized spacial score (nSPS) is 12.2. The maximum Gasteiger partial charge on any atom is 0.264 e. The summed E-state index contributed by atoms with van der Waals surface area (Å²) in [7, 11) is -4.10. The third-order valence-corrected chi connectivity index (χ3v) is 8.71. The van der Waals surface area contributed by atoms with Gasteiger partial charge in [-0.1, -0.05) is 60.5 Å². The lowest BCUT2D eigenvalue weighted by molar-refractivity contribution is -0.140. The van der Waals surface area contributed by atoms with Crippen molar-refractivity contribution in [1.29, 1.82) is 0 Å². The van der Waals surface area contributed by atoms with Gasteiger partial charge in [0.15, 0.2) is 0 Å². The van der Waals surface area contributed by atoms with Crippen LogP contribution in [0.2, 0.25) is 0 Å². The lowest BCUT2D eigenvalue weighted by Gasteiger charge is -2.33. The molecule has 0 heterocycles. The van der Waals surface area contributed by atoms with E-state index in [0.29, 0.717) is 12.1 Å². The first kappa shape index (κ1) is 30.9. The first-order valence-electron chi connectivity index (χ1n) is 13.7. The minimum absolute atomic E-state index is 0.0963. The van der Waals surface area contributed by atoms with Crippen LogP contribution in [0.3, 0.4) is 0 Å². The number of carbonyl (C=O) groups excluding carboxylic acids is 2. The molecule has 0 radical (unpaired) electrons. The maximum absolute atomic E-state index is 14.1. The van der Waals surface area contributed by atoms with Crippen LogP contribution in [0.25, 0.3) is 0 Å². The van der Waals surface area contributed by atoms with E-state index in [0.717, 1.165) is 32.1 Å². The molecule has 214 valence electrons. The summed E-state index contributed by atoms with van der Waals surface area (Å²) < 4.78 is 29.1. The number of amides is 2. The fraction of sp³-hybridized carbons (Fsp3) is 0.375. The van der Waals surface area contributed by atoms with E-state index in [1.807, 2.05) is 78.8 Å². The van der Waals surface area contributed by atoms with E-state index in [4.69, 9.17) is 0 Å². The van der Waals surface area contributed by atoms with Gasteiger partial charge in [0.2, 0.25) is 11.8 Å². The van der Waals surface area contributed by atoms with E-state index in [2.05, 4.69) is 5.32 Å². The summed E-state index contributed by atoms with van der Waals surface area (Å²) in [6, 6.07) is 18.8. The number of rotatable bonds is 11. The second-order valence-corrected chi connectivity index (χ2v) is 12.6. The number of anilines is 1. The van der Waals surface area contributed by atoms with Crippen molar-refractivity contribution in [2.75, 3.05) is 10.8 Å². The molecule has 3 rings (SSSR count). The third-order valence-electron chi connectivity index (χ3n) is 6.92. The van der Waals surface area contributed by atoms with Crippen LogP contribution in [-0.2, 0) is 26.2 Å². The molecule has 0 aliphatic heterocycles. The zero-order valence-electron chi connectivity index (χ0n) is 24.6. The van der Waals surface area contributed by atoms with Gasteiger partial charge < -0.3 is 10.2 Å². The molecule has 1 atom stereocenters. The smallest absolute Gasteiger partial charge is 0.264 e. The van der Waals surface area contributed by atoms with Crippen LogP contribution < -0.4 is 9.62 Å². The van der Waals surface area contributed by atoms with Gasteiger partial charge in [-0.2, -0.15) is 0 Å². The fourth-order valence-electron chi connectivity index (χ4n) is 4.55. The number of hydrogen-bond donors (Lipinski definition) is 1. The molecular formula is C32H41N3O4S. The van der Waals surface area contributed by atoms with Crippen molar-refractivity contribution in [3.63, 3.8) is 0 Å². The molecule has 3 aromatic rings. The Bertz CT molecular complexity index is 1450. The molecule has 2 amide bonds. The molecule has 40 heavy (non-hydrogen) atoms. The van der Waals surface area contributed by atoms with Crippen LogP contribution in [0.5, 0.6) is 0 Å². The van der Waals surface area contributed by atoms with Gasteiger partial charge >= 0.3 is 0 Å². The largest absolute Gasteiger partial charge is 0.352 e. The van der Waals surface area contributed by atoms with Crippen molar-refractivity contribution in [3.8, 4) is 0 Å². The number of nitrogens with zero attached hydrogens (tertiary/aromatic N) is 2.